The summed E-state index contributed by atoms with van der Waals surface area (Å²) in [5, 5.41) is 13.1. The molecule has 0 saturated heterocycles. The summed E-state index contributed by atoms with van der Waals surface area (Å²) in [6, 6.07) is 2.27. The quantitative estimate of drug-likeness (QED) is 0.217. The Morgan fingerprint density at radius 1 is 1.12 bits per heavy atom. The number of thiazole rings is 1. The first-order chi connectivity index (χ1) is 19.1. The van der Waals surface area contributed by atoms with Crippen LogP contribution >= 0.6 is 11.3 Å². The number of hydrogen-bond donors (Lipinski definition) is 4. The average Bonchev–Trinajstić information content (AvgIpc) is 3.56. The SMILES string of the molecule is CCNC(=O)Nc1cc(-c2nc(C(F)(F)F)c(C(=O)NCCOC)s2)c(-c2cncc(-c3n[nH]c(=O)o3)c2)cn1. The Balaban J connectivity index is 1.85. The summed E-state index contributed by atoms with van der Waals surface area (Å²) in [4.78, 5) is 47.6. The third kappa shape index (κ3) is 6.49. The number of nitrogens with zero attached hydrogens (tertiary/aromatic N) is 4. The van der Waals surface area contributed by atoms with Gasteiger partial charge < -0.3 is 19.8 Å². The fourth-order valence-electron chi connectivity index (χ4n) is 3.44. The maximum absolute atomic E-state index is 13.9. The van der Waals surface area contributed by atoms with Crippen LogP contribution in [0, 0.1) is 0 Å². The van der Waals surface area contributed by atoms with Crippen molar-refractivity contribution in [3.05, 3.63) is 51.8 Å². The number of halogens is 3. The predicted molar refractivity (Wildman–Crippen MR) is 137 cm³/mol. The molecule has 0 unspecified atom stereocenters. The molecule has 3 amide bonds. The monoisotopic (exact) mass is 578 g/mol. The van der Waals surface area contributed by atoms with Gasteiger partial charge in [-0.2, -0.15) is 13.2 Å². The molecule has 0 atom stereocenters. The van der Waals surface area contributed by atoms with Gasteiger partial charge in [-0.1, -0.05) is 0 Å². The first-order valence-electron chi connectivity index (χ1n) is 11.5. The van der Waals surface area contributed by atoms with Gasteiger partial charge in [-0.3, -0.25) is 15.1 Å². The summed E-state index contributed by atoms with van der Waals surface area (Å²) in [5.74, 6) is -1.81. The van der Waals surface area contributed by atoms with E-state index >= 15 is 0 Å². The molecule has 0 aliphatic carbocycles. The highest BCUT2D eigenvalue weighted by atomic mass is 32.1. The molecule has 0 aliphatic heterocycles. The number of methoxy groups -OCH3 is 1. The molecule has 4 heterocycles. The van der Waals surface area contributed by atoms with Crippen molar-refractivity contribution in [1.82, 2.24) is 35.8 Å². The Labute approximate surface area is 227 Å². The number of ether oxygens (including phenoxy) is 1. The van der Waals surface area contributed by atoms with Gasteiger partial charge in [0.15, 0.2) is 5.69 Å². The summed E-state index contributed by atoms with van der Waals surface area (Å²) >= 11 is 0.519. The molecule has 4 N–H and O–H groups in total. The largest absolute Gasteiger partial charge is 0.435 e. The van der Waals surface area contributed by atoms with E-state index in [9.17, 15) is 27.6 Å². The number of rotatable bonds is 9. The van der Waals surface area contributed by atoms with Crippen LogP contribution in [0.15, 0.2) is 39.9 Å². The zero-order valence-electron chi connectivity index (χ0n) is 20.9. The smallest absolute Gasteiger partial charge is 0.388 e. The van der Waals surface area contributed by atoms with E-state index in [4.69, 9.17) is 9.15 Å². The molecule has 0 aliphatic rings. The number of carbonyl (C=O) groups excluding carboxylic acids is 2. The van der Waals surface area contributed by atoms with E-state index in [0.717, 1.165) is 0 Å². The van der Waals surface area contributed by atoms with E-state index in [0.29, 0.717) is 29.0 Å². The number of H-pyrrole nitrogens is 1. The normalized spacial score (nSPS) is 11.3. The molecule has 0 bridgehead atoms. The lowest BCUT2D eigenvalue weighted by atomic mass is 10.0. The fraction of sp³-hybridized carbons (Fsp3) is 0.261. The fourth-order valence-corrected chi connectivity index (χ4v) is 4.47. The highest BCUT2D eigenvalue weighted by Crippen LogP contribution is 2.41. The first-order valence-corrected chi connectivity index (χ1v) is 12.3. The van der Waals surface area contributed by atoms with E-state index in [-0.39, 0.29) is 41.0 Å². The Hall–Kier alpha value is -4.64. The number of alkyl halides is 3. The molecule has 17 heteroatoms. The Bertz CT molecular complexity index is 1580. The molecule has 4 aromatic heterocycles. The van der Waals surface area contributed by atoms with Crippen molar-refractivity contribution >= 4 is 29.1 Å². The van der Waals surface area contributed by atoms with Crippen LogP contribution in [0.1, 0.15) is 22.3 Å². The topological polar surface area (TPSA) is 177 Å². The second kappa shape index (κ2) is 12.0. The minimum atomic E-state index is -4.93. The summed E-state index contributed by atoms with van der Waals surface area (Å²) in [6.45, 7) is 2.11. The third-order valence-corrected chi connectivity index (χ3v) is 6.23. The number of urea groups is 1. The summed E-state index contributed by atoms with van der Waals surface area (Å²) < 4.78 is 51.6. The molecule has 0 spiro atoms. The lowest BCUT2D eigenvalue weighted by Gasteiger charge is -2.11. The van der Waals surface area contributed by atoms with Crippen LogP contribution in [-0.4, -0.2) is 63.9 Å². The number of hydrogen-bond acceptors (Lipinski definition) is 10. The maximum atomic E-state index is 13.9. The number of anilines is 1. The van der Waals surface area contributed by atoms with Gasteiger partial charge in [0.05, 0.1) is 12.2 Å². The molecular weight excluding hydrogens is 557 g/mol. The molecular formula is C23H21F3N8O5S. The van der Waals surface area contributed by atoms with E-state index < -0.39 is 34.4 Å². The van der Waals surface area contributed by atoms with Gasteiger partial charge in [0, 0.05) is 55.5 Å². The highest BCUT2D eigenvalue weighted by molar-refractivity contribution is 7.17. The average molecular weight is 579 g/mol. The lowest BCUT2D eigenvalue weighted by Crippen LogP contribution is -2.28. The zero-order chi connectivity index (χ0) is 28.9. The molecule has 0 saturated carbocycles. The number of aromatic amines is 1. The van der Waals surface area contributed by atoms with E-state index in [1.54, 1.807) is 6.92 Å². The van der Waals surface area contributed by atoms with Crippen LogP contribution in [0.4, 0.5) is 23.8 Å². The number of carbonyl (C=O) groups is 2. The van der Waals surface area contributed by atoms with Crippen molar-refractivity contribution in [3.8, 4) is 33.2 Å². The summed E-state index contributed by atoms with van der Waals surface area (Å²) in [5.41, 5.74) is -0.337. The molecule has 4 rings (SSSR count). The Morgan fingerprint density at radius 3 is 2.58 bits per heavy atom. The van der Waals surface area contributed by atoms with Gasteiger partial charge in [0.25, 0.3) is 11.8 Å². The summed E-state index contributed by atoms with van der Waals surface area (Å²) in [6.07, 6.45) is -0.848. The minimum absolute atomic E-state index is 0.0112. The highest BCUT2D eigenvalue weighted by Gasteiger charge is 2.40. The van der Waals surface area contributed by atoms with Crippen LogP contribution in [0.5, 0.6) is 0 Å². The summed E-state index contributed by atoms with van der Waals surface area (Å²) in [7, 11) is 1.39. The Kier molecular flexibility index (Phi) is 8.54. The second-order valence-electron chi connectivity index (χ2n) is 7.92. The van der Waals surface area contributed by atoms with Crippen molar-refractivity contribution in [2.45, 2.75) is 13.1 Å². The van der Waals surface area contributed by atoms with Crippen molar-refractivity contribution in [2.75, 3.05) is 32.1 Å². The van der Waals surface area contributed by atoms with Crippen LogP contribution in [0.25, 0.3) is 33.2 Å². The van der Waals surface area contributed by atoms with Crippen molar-refractivity contribution < 1.29 is 31.9 Å². The van der Waals surface area contributed by atoms with Crippen LogP contribution < -0.4 is 21.7 Å². The van der Waals surface area contributed by atoms with E-state index in [1.165, 1.54) is 37.8 Å². The van der Waals surface area contributed by atoms with Crippen LogP contribution in [-0.2, 0) is 10.9 Å². The molecule has 0 radical (unpaired) electrons. The van der Waals surface area contributed by atoms with Crippen LogP contribution in [0.3, 0.4) is 0 Å². The predicted octanol–water partition coefficient (Wildman–Crippen LogP) is 3.15. The van der Waals surface area contributed by atoms with E-state index in [1.807, 2.05) is 0 Å². The van der Waals surface area contributed by atoms with Gasteiger partial charge in [-0.15, -0.1) is 16.4 Å². The van der Waals surface area contributed by atoms with E-state index in [2.05, 4.69) is 41.1 Å². The van der Waals surface area contributed by atoms with Gasteiger partial charge >= 0.3 is 18.0 Å². The van der Waals surface area contributed by atoms with Crippen molar-refractivity contribution in [1.29, 1.82) is 0 Å². The van der Waals surface area contributed by atoms with Crippen molar-refractivity contribution in [2.24, 2.45) is 0 Å². The van der Waals surface area contributed by atoms with Crippen molar-refractivity contribution in [3.63, 3.8) is 0 Å². The number of pyridine rings is 2. The molecule has 0 fully saturated rings. The van der Waals surface area contributed by atoms with Gasteiger partial charge in [0.2, 0.25) is 0 Å². The zero-order valence-corrected chi connectivity index (χ0v) is 21.7. The molecule has 13 nitrogen and oxygen atoms in total. The number of nitrogens with one attached hydrogen (secondary N) is 4. The first kappa shape index (κ1) is 28.4. The Morgan fingerprint density at radius 2 is 1.90 bits per heavy atom. The second-order valence-corrected chi connectivity index (χ2v) is 8.92. The molecule has 40 heavy (non-hydrogen) atoms. The lowest BCUT2D eigenvalue weighted by molar-refractivity contribution is -0.141. The maximum Gasteiger partial charge on any atom is 0.435 e. The molecule has 4 aromatic rings. The van der Waals surface area contributed by atoms with Crippen LogP contribution in [0.2, 0.25) is 0 Å². The minimum Gasteiger partial charge on any atom is -0.388 e. The number of amides is 3. The van der Waals surface area contributed by atoms with Gasteiger partial charge in [0.1, 0.15) is 15.7 Å². The third-order valence-electron chi connectivity index (χ3n) is 5.14. The van der Waals surface area contributed by atoms with Gasteiger partial charge in [-0.25, -0.2) is 24.7 Å². The number of aromatic nitrogens is 5. The standard InChI is InChI=1S/C23H21F3N8O5S/c1-3-28-21(36)31-15-7-13(20-32-17(23(24,25)26)16(40-20)18(35)29-4-5-38-2)14(10-30-15)11-6-12(9-27-8-11)19-33-34-22(37)39-19/h6-10H,3-5H2,1-2H3,(H,29,35)(H,34,37)(H2,28,30,31,36). The van der Waals surface area contributed by atoms with Gasteiger partial charge in [-0.05, 0) is 19.1 Å². The molecule has 210 valence electrons. The molecule has 0 aromatic carbocycles.